The van der Waals surface area contributed by atoms with Gasteiger partial charge in [0.2, 0.25) is 5.91 Å². The van der Waals surface area contributed by atoms with Crippen molar-refractivity contribution in [2.24, 2.45) is 5.73 Å². The third-order valence-corrected chi connectivity index (χ3v) is 2.84. The molecule has 1 aromatic rings. The molecule has 3 N–H and O–H groups in total. The van der Waals surface area contributed by atoms with Crippen LogP contribution in [0.1, 0.15) is 19.1 Å². The molecule has 0 fully saturated rings. The zero-order valence-electron chi connectivity index (χ0n) is 9.53. The van der Waals surface area contributed by atoms with E-state index in [1.165, 1.54) is 0 Å². The molecule has 0 aliphatic heterocycles. The highest BCUT2D eigenvalue weighted by atomic mass is 32.2. The summed E-state index contributed by atoms with van der Waals surface area (Å²) in [5, 5.41) is 6.33. The molecule has 0 saturated heterocycles. The Morgan fingerprint density at radius 3 is 3.06 bits per heavy atom. The number of hydrogen-bond donors (Lipinski definition) is 2. The quantitative estimate of drug-likeness (QED) is 0.738. The van der Waals surface area contributed by atoms with Crippen molar-refractivity contribution in [3.8, 4) is 0 Å². The lowest BCUT2D eigenvalue weighted by Crippen LogP contribution is -2.17. The highest BCUT2D eigenvalue weighted by Gasteiger charge is 2.06. The molecule has 1 rings (SSSR count). The summed E-state index contributed by atoms with van der Waals surface area (Å²) in [6, 6.07) is 1.87. The average molecular weight is 243 g/mol. The van der Waals surface area contributed by atoms with Crippen LogP contribution in [0.5, 0.6) is 0 Å². The molecule has 0 aromatic carbocycles. The topological polar surface area (TPSA) is 81.2 Å². The highest BCUT2D eigenvalue weighted by Crippen LogP contribution is 2.09. The summed E-state index contributed by atoms with van der Waals surface area (Å²) in [6.45, 7) is 3.73. The van der Waals surface area contributed by atoms with Gasteiger partial charge >= 0.3 is 0 Å². The van der Waals surface area contributed by atoms with Crippen LogP contribution >= 0.6 is 11.8 Å². The fourth-order valence-corrected chi connectivity index (χ4v) is 1.98. The van der Waals surface area contributed by atoms with E-state index < -0.39 is 0 Å². The number of carbonyl (C=O) groups excluding carboxylic acids is 1. The van der Waals surface area contributed by atoms with E-state index in [2.05, 4.69) is 10.5 Å². The van der Waals surface area contributed by atoms with Crippen LogP contribution in [0, 0.1) is 6.92 Å². The van der Waals surface area contributed by atoms with Crippen LogP contribution < -0.4 is 11.1 Å². The number of carbonyl (C=O) groups is 1. The minimum atomic E-state index is -0.0667. The van der Waals surface area contributed by atoms with E-state index >= 15 is 0 Å². The van der Waals surface area contributed by atoms with Gasteiger partial charge in [-0.15, -0.1) is 0 Å². The van der Waals surface area contributed by atoms with Gasteiger partial charge in [-0.25, -0.2) is 0 Å². The molecule has 5 nitrogen and oxygen atoms in total. The van der Waals surface area contributed by atoms with E-state index in [9.17, 15) is 4.79 Å². The smallest absolute Gasteiger partial charge is 0.235 e. The molecule has 90 valence electrons. The monoisotopic (exact) mass is 243 g/mol. The maximum Gasteiger partial charge on any atom is 0.235 e. The maximum atomic E-state index is 11.4. The van der Waals surface area contributed by atoms with E-state index in [4.69, 9.17) is 10.3 Å². The first-order valence-electron chi connectivity index (χ1n) is 5.14. The fraction of sp³-hybridized carbons (Fsp3) is 0.600. The van der Waals surface area contributed by atoms with Gasteiger partial charge in [0.15, 0.2) is 5.82 Å². The molecule has 1 amide bonds. The van der Waals surface area contributed by atoms with Crippen LogP contribution in [-0.4, -0.2) is 28.6 Å². The number of amides is 1. The number of thioether (sulfide) groups is 1. The molecule has 0 aliphatic rings. The first-order chi connectivity index (χ1) is 7.58. The lowest BCUT2D eigenvalue weighted by Gasteiger charge is -2.04. The number of anilines is 1. The molecular weight excluding hydrogens is 226 g/mol. The summed E-state index contributed by atoms with van der Waals surface area (Å²) in [7, 11) is 0. The van der Waals surface area contributed by atoms with E-state index in [1.54, 1.807) is 24.8 Å². The van der Waals surface area contributed by atoms with Crippen LogP contribution in [0.15, 0.2) is 10.6 Å². The summed E-state index contributed by atoms with van der Waals surface area (Å²) in [6.07, 6.45) is 0.918. The van der Waals surface area contributed by atoms with Crippen molar-refractivity contribution in [3.63, 3.8) is 0 Å². The van der Waals surface area contributed by atoms with Crippen LogP contribution in [0.25, 0.3) is 0 Å². The number of rotatable bonds is 6. The second-order valence-electron chi connectivity index (χ2n) is 3.69. The van der Waals surface area contributed by atoms with Crippen molar-refractivity contribution in [2.45, 2.75) is 26.3 Å². The molecule has 1 unspecified atom stereocenters. The second-order valence-corrected chi connectivity index (χ2v) is 4.79. The van der Waals surface area contributed by atoms with Gasteiger partial charge in [-0.3, -0.25) is 4.79 Å². The van der Waals surface area contributed by atoms with Gasteiger partial charge in [0.05, 0.1) is 5.75 Å². The SMILES string of the molecule is Cc1cc(NC(=O)CSCCC(C)N)no1. The van der Waals surface area contributed by atoms with Crippen molar-refractivity contribution in [2.75, 3.05) is 16.8 Å². The van der Waals surface area contributed by atoms with Gasteiger partial charge in [-0.2, -0.15) is 11.8 Å². The minimum absolute atomic E-state index is 0.0667. The molecule has 6 heteroatoms. The summed E-state index contributed by atoms with van der Waals surface area (Å²) < 4.78 is 4.83. The summed E-state index contributed by atoms with van der Waals surface area (Å²) in [5.74, 6) is 2.39. The van der Waals surface area contributed by atoms with Crippen molar-refractivity contribution < 1.29 is 9.32 Å². The number of nitrogens with one attached hydrogen (secondary N) is 1. The Balaban J connectivity index is 2.16. The highest BCUT2D eigenvalue weighted by molar-refractivity contribution is 7.99. The van der Waals surface area contributed by atoms with E-state index in [1.807, 2.05) is 6.92 Å². The Morgan fingerprint density at radius 2 is 2.50 bits per heavy atom. The zero-order chi connectivity index (χ0) is 12.0. The normalized spacial score (nSPS) is 12.4. The third-order valence-electron chi connectivity index (χ3n) is 1.85. The van der Waals surface area contributed by atoms with Crippen molar-refractivity contribution in [1.82, 2.24) is 5.16 Å². The summed E-state index contributed by atoms with van der Waals surface area (Å²) in [5.41, 5.74) is 5.60. The summed E-state index contributed by atoms with van der Waals surface area (Å²) >= 11 is 1.57. The molecule has 1 atom stereocenters. The maximum absolute atomic E-state index is 11.4. The molecule has 1 aromatic heterocycles. The van der Waals surface area contributed by atoms with E-state index in [0.29, 0.717) is 17.3 Å². The van der Waals surface area contributed by atoms with Crippen molar-refractivity contribution in [1.29, 1.82) is 0 Å². The molecular formula is C10H17N3O2S. The Bertz CT molecular complexity index is 339. The summed E-state index contributed by atoms with van der Waals surface area (Å²) in [4.78, 5) is 11.4. The van der Waals surface area contributed by atoms with Crippen molar-refractivity contribution in [3.05, 3.63) is 11.8 Å². The third kappa shape index (κ3) is 5.18. The van der Waals surface area contributed by atoms with E-state index in [0.717, 1.165) is 12.2 Å². The molecule has 0 aliphatic carbocycles. The first-order valence-corrected chi connectivity index (χ1v) is 6.30. The predicted molar refractivity (Wildman–Crippen MR) is 65.5 cm³/mol. The van der Waals surface area contributed by atoms with Crippen LogP contribution in [0.2, 0.25) is 0 Å². The zero-order valence-corrected chi connectivity index (χ0v) is 10.3. The van der Waals surface area contributed by atoms with Crippen LogP contribution in [-0.2, 0) is 4.79 Å². The standard InChI is InChI=1S/C10H17N3O2S/c1-7(11)3-4-16-6-10(14)12-9-5-8(2)15-13-9/h5,7H,3-4,6,11H2,1-2H3,(H,12,13,14). The minimum Gasteiger partial charge on any atom is -0.360 e. The first kappa shape index (κ1) is 13.1. The second kappa shape index (κ2) is 6.55. The molecule has 0 spiro atoms. The predicted octanol–water partition coefficient (Wildman–Crippen LogP) is 1.39. The molecule has 16 heavy (non-hydrogen) atoms. The van der Waals surface area contributed by atoms with Gasteiger partial charge in [0.1, 0.15) is 5.76 Å². The van der Waals surface area contributed by atoms with Gasteiger partial charge in [-0.05, 0) is 26.0 Å². The number of hydrogen-bond acceptors (Lipinski definition) is 5. The Morgan fingerprint density at radius 1 is 1.75 bits per heavy atom. The van der Waals surface area contributed by atoms with Gasteiger partial charge < -0.3 is 15.6 Å². The van der Waals surface area contributed by atoms with E-state index in [-0.39, 0.29) is 11.9 Å². The van der Waals surface area contributed by atoms with Gasteiger partial charge in [0.25, 0.3) is 0 Å². The molecule has 0 bridgehead atoms. The lowest BCUT2D eigenvalue weighted by molar-refractivity contribution is -0.113. The molecule has 1 heterocycles. The van der Waals surface area contributed by atoms with Crippen LogP contribution in [0.4, 0.5) is 5.82 Å². The average Bonchev–Trinajstić information content (AvgIpc) is 2.58. The number of aromatic nitrogens is 1. The largest absolute Gasteiger partial charge is 0.360 e. The number of aryl methyl sites for hydroxylation is 1. The number of nitrogens with two attached hydrogens (primary N) is 1. The fourth-order valence-electron chi connectivity index (χ4n) is 1.04. The Labute approximate surface area is 99.1 Å². The molecule has 0 saturated carbocycles. The van der Waals surface area contributed by atoms with Crippen LogP contribution in [0.3, 0.4) is 0 Å². The Hall–Kier alpha value is -1.01. The van der Waals surface area contributed by atoms with Gasteiger partial charge in [-0.1, -0.05) is 5.16 Å². The van der Waals surface area contributed by atoms with Gasteiger partial charge in [0, 0.05) is 12.1 Å². The van der Waals surface area contributed by atoms with Crippen molar-refractivity contribution >= 4 is 23.5 Å². The lowest BCUT2D eigenvalue weighted by atomic mass is 10.3. The molecule has 0 radical (unpaired) electrons. The number of nitrogens with zero attached hydrogens (tertiary/aromatic N) is 1. The Kier molecular flexibility index (Phi) is 5.34.